The lowest BCUT2D eigenvalue weighted by Gasteiger charge is -2.32. The Bertz CT molecular complexity index is 1700. The maximum atomic E-state index is 11.7. The van der Waals surface area contributed by atoms with E-state index in [2.05, 4.69) is 49.4 Å². The van der Waals surface area contributed by atoms with E-state index in [-0.39, 0.29) is 11.5 Å². The van der Waals surface area contributed by atoms with Gasteiger partial charge in [-0.05, 0) is 24.5 Å². The first-order chi connectivity index (χ1) is 19.6. The third-order valence-electron chi connectivity index (χ3n) is 7.14. The fourth-order valence-electron chi connectivity index (χ4n) is 5.12. The molecule has 198 valence electrons. The summed E-state index contributed by atoms with van der Waals surface area (Å²) in [6.45, 7) is 2.80. The van der Waals surface area contributed by atoms with Gasteiger partial charge in [0.15, 0.2) is 0 Å². The van der Waals surface area contributed by atoms with Gasteiger partial charge in [-0.15, -0.1) is 0 Å². The number of anilines is 1. The lowest BCUT2D eigenvalue weighted by Crippen LogP contribution is -2.38. The molecule has 40 heavy (non-hydrogen) atoms. The summed E-state index contributed by atoms with van der Waals surface area (Å²) in [7, 11) is 0. The van der Waals surface area contributed by atoms with Crippen LogP contribution in [0.25, 0.3) is 28.2 Å². The van der Waals surface area contributed by atoms with Crippen molar-refractivity contribution in [2.75, 3.05) is 18.4 Å². The molecule has 0 atom stereocenters. The summed E-state index contributed by atoms with van der Waals surface area (Å²) in [5.41, 5.74) is 11.2. The van der Waals surface area contributed by atoms with Crippen LogP contribution in [0.15, 0.2) is 79.3 Å². The molecule has 1 aliphatic heterocycles. The Hall–Kier alpha value is -5.14. The number of hydrogen-bond donors (Lipinski definition) is 2. The normalized spacial score (nSPS) is 14.2. The van der Waals surface area contributed by atoms with Crippen molar-refractivity contribution in [3.8, 4) is 28.6 Å². The highest BCUT2D eigenvalue weighted by atomic mass is 16.1. The molecule has 1 amide bonds. The van der Waals surface area contributed by atoms with Gasteiger partial charge in [0, 0.05) is 49.1 Å². The van der Waals surface area contributed by atoms with Gasteiger partial charge in [-0.3, -0.25) is 14.1 Å². The summed E-state index contributed by atoms with van der Waals surface area (Å²) >= 11 is 0. The number of benzene rings is 2. The molecule has 5 aromatic rings. The number of rotatable bonds is 7. The molecule has 10 nitrogen and oxygen atoms in total. The standard InChI is InChI=1S/C30H27N9O/c31-17-26-33-13-10-25(36-26)35-23-11-14-38(15-12-23)18-20-6-8-21(9-7-20)28-29(22-4-2-1-3-5-22)39-19-34-24(30(32)40)16-27(39)37-28/h1-10,13,16,19,23H,11-12,14-15,18H2,(H2,32,40)(H,33,35,36). The van der Waals surface area contributed by atoms with Crippen LogP contribution in [0, 0.1) is 11.3 Å². The van der Waals surface area contributed by atoms with Crippen molar-refractivity contribution >= 4 is 17.4 Å². The quantitative estimate of drug-likeness (QED) is 0.324. The highest BCUT2D eigenvalue weighted by Crippen LogP contribution is 2.33. The topological polar surface area (TPSA) is 138 Å². The lowest BCUT2D eigenvalue weighted by molar-refractivity contribution is 0.0995. The van der Waals surface area contributed by atoms with Gasteiger partial charge in [0.1, 0.15) is 29.6 Å². The second-order valence-electron chi connectivity index (χ2n) is 9.81. The van der Waals surface area contributed by atoms with E-state index in [0.29, 0.717) is 17.5 Å². The maximum absolute atomic E-state index is 11.7. The van der Waals surface area contributed by atoms with Crippen LogP contribution < -0.4 is 11.1 Å². The largest absolute Gasteiger partial charge is 0.367 e. The monoisotopic (exact) mass is 529 g/mol. The fraction of sp³-hybridized carbons (Fsp3) is 0.200. The van der Waals surface area contributed by atoms with Crippen molar-refractivity contribution in [1.82, 2.24) is 29.2 Å². The number of carbonyl (C=O) groups is 1. The van der Waals surface area contributed by atoms with E-state index in [4.69, 9.17) is 16.0 Å². The molecule has 0 spiro atoms. The molecule has 2 aromatic carbocycles. The Kier molecular flexibility index (Phi) is 6.87. The van der Waals surface area contributed by atoms with Gasteiger partial charge in [-0.25, -0.2) is 19.9 Å². The van der Waals surface area contributed by atoms with Gasteiger partial charge < -0.3 is 11.1 Å². The number of primary amides is 1. The van der Waals surface area contributed by atoms with Crippen molar-refractivity contribution in [1.29, 1.82) is 5.26 Å². The number of nitrogens with zero attached hydrogens (tertiary/aromatic N) is 7. The zero-order valence-electron chi connectivity index (χ0n) is 21.7. The number of carbonyl (C=O) groups excluding carboxylic acids is 1. The van der Waals surface area contributed by atoms with Gasteiger partial charge in [0.05, 0.1) is 11.4 Å². The van der Waals surface area contributed by atoms with E-state index >= 15 is 0 Å². The van der Waals surface area contributed by atoms with E-state index in [1.165, 1.54) is 5.56 Å². The third kappa shape index (κ3) is 5.23. The third-order valence-corrected chi connectivity index (χ3v) is 7.14. The molecule has 1 saturated heterocycles. The minimum absolute atomic E-state index is 0.178. The first kappa shape index (κ1) is 25.2. The first-order valence-electron chi connectivity index (χ1n) is 13.1. The van der Waals surface area contributed by atoms with E-state index in [0.717, 1.165) is 55.0 Å². The van der Waals surface area contributed by atoms with Gasteiger partial charge in [-0.1, -0.05) is 54.6 Å². The molecule has 3 N–H and O–H groups in total. The molecule has 1 aliphatic rings. The molecule has 0 aliphatic carbocycles. The number of fused-ring (bicyclic) bond motifs is 1. The Morgan fingerprint density at radius 2 is 1.77 bits per heavy atom. The number of aromatic nitrogens is 5. The number of nitrogens with one attached hydrogen (secondary N) is 1. The predicted octanol–water partition coefficient (Wildman–Crippen LogP) is 3.90. The maximum Gasteiger partial charge on any atom is 0.267 e. The van der Waals surface area contributed by atoms with Crippen LogP contribution >= 0.6 is 0 Å². The Labute approximate surface area is 231 Å². The van der Waals surface area contributed by atoms with Crippen LogP contribution in [0.3, 0.4) is 0 Å². The van der Waals surface area contributed by atoms with E-state index in [1.807, 2.05) is 40.8 Å². The highest BCUT2D eigenvalue weighted by Gasteiger charge is 2.21. The summed E-state index contributed by atoms with van der Waals surface area (Å²) in [5.74, 6) is 0.293. The summed E-state index contributed by atoms with van der Waals surface area (Å²) in [6, 6.07) is 24.2. The zero-order chi connectivity index (χ0) is 27.5. The Morgan fingerprint density at radius 3 is 2.50 bits per heavy atom. The summed E-state index contributed by atoms with van der Waals surface area (Å²) < 4.78 is 1.89. The molecule has 4 heterocycles. The van der Waals surface area contributed by atoms with Crippen molar-refractivity contribution < 1.29 is 4.79 Å². The van der Waals surface area contributed by atoms with Gasteiger partial charge >= 0.3 is 0 Å². The number of hydrogen-bond acceptors (Lipinski definition) is 8. The van der Waals surface area contributed by atoms with E-state index in [1.54, 1.807) is 24.7 Å². The zero-order valence-corrected chi connectivity index (χ0v) is 21.7. The number of piperidine rings is 1. The van der Waals surface area contributed by atoms with Crippen LogP contribution in [0.2, 0.25) is 0 Å². The summed E-state index contributed by atoms with van der Waals surface area (Å²) in [5, 5.41) is 12.5. The van der Waals surface area contributed by atoms with E-state index in [9.17, 15) is 4.79 Å². The van der Waals surface area contributed by atoms with Crippen molar-refractivity contribution in [2.45, 2.75) is 25.4 Å². The predicted molar refractivity (Wildman–Crippen MR) is 151 cm³/mol. The molecular weight excluding hydrogens is 502 g/mol. The molecule has 3 aromatic heterocycles. The number of amides is 1. The minimum Gasteiger partial charge on any atom is -0.367 e. The number of imidazole rings is 1. The highest BCUT2D eigenvalue weighted by molar-refractivity contribution is 5.92. The van der Waals surface area contributed by atoms with Gasteiger partial charge in [0.2, 0.25) is 5.82 Å². The van der Waals surface area contributed by atoms with Crippen molar-refractivity contribution in [3.05, 3.63) is 96.3 Å². The Balaban J connectivity index is 1.17. The first-order valence-corrected chi connectivity index (χ1v) is 13.1. The van der Waals surface area contributed by atoms with Gasteiger partial charge in [-0.2, -0.15) is 5.26 Å². The SMILES string of the molecule is N#Cc1nccc(NC2CCN(Cc3ccc(-c4nc5cc(C(N)=O)ncn5c4-c4ccccc4)cc3)CC2)n1. The van der Waals surface area contributed by atoms with Crippen LogP contribution in [0.4, 0.5) is 5.82 Å². The lowest BCUT2D eigenvalue weighted by atomic mass is 10.0. The van der Waals surface area contributed by atoms with Crippen molar-refractivity contribution in [2.24, 2.45) is 5.73 Å². The average Bonchev–Trinajstić information content (AvgIpc) is 3.38. The molecule has 0 radical (unpaired) electrons. The molecule has 10 heteroatoms. The van der Waals surface area contributed by atoms with E-state index < -0.39 is 5.91 Å². The number of likely N-dealkylation sites (tertiary alicyclic amines) is 1. The summed E-state index contributed by atoms with van der Waals surface area (Å²) in [6.07, 6.45) is 5.20. The van der Waals surface area contributed by atoms with Crippen LogP contribution in [-0.4, -0.2) is 54.3 Å². The van der Waals surface area contributed by atoms with Gasteiger partial charge in [0.25, 0.3) is 5.91 Å². The summed E-state index contributed by atoms with van der Waals surface area (Å²) in [4.78, 5) is 31.4. The van der Waals surface area contributed by atoms with Crippen LogP contribution in [-0.2, 0) is 6.54 Å². The van der Waals surface area contributed by atoms with Crippen LogP contribution in [0.5, 0.6) is 0 Å². The molecule has 6 rings (SSSR count). The molecule has 0 bridgehead atoms. The molecule has 0 saturated carbocycles. The van der Waals surface area contributed by atoms with Crippen LogP contribution in [0.1, 0.15) is 34.7 Å². The molecule has 0 unspecified atom stereocenters. The smallest absolute Gasteiger partial charge is 0.267 e. The fourth-order valence-corrected chi connectivity index (χ4v) is 5.12. The minimum atomic E-state index is -0.584. The van der Waals surface area contributed by atoms with Crippen molar-refractivity contribution in [3.63, 3.8) is 0 Å². The second-order valence-corrected chi connectivity index (χ2v) is 9.81. The number of nitriles is 1. The number of nitrogens with two attached hydrogens (primary N) is 1. The molecule has 1 fully saturated rings. The molecular formula is C30H27N9O. The second kappa shape index (κ2) is 10.9. The Morgan fingerprint density at radius 1 is 1.00 bits per heavy atom. The average molecular weight is 530 g/mol.